The van der Waals surface area contributed by atoms with Crippen molar-refractivity contribution in [1.29, 1.82) is 0 Å². The highest BCUT2D eigenvalue weighted by Gasteiger charge is 2.24. The van der Waals surface area contributed by atoms with Crippen LogP contribution < -0.4 is 0 Å². The van der Waals surface area contributed by atoms with Crippen molar-refractivity contribution in [1.82, 2.24) is 0 Å². The van der Waals surface area contributed by atoms with Crippen LogP contribution >= 0.6 is 11.3 Å². The molecular formula is C8H10S. The Morgan fingerprint density at radius 3 is 2.78 bits per heavy atom. The van der Waals surface area contributed by atoms with Crippen LogP contribution in [0.3, 0.4) is 0 Å². The van der Waals surface area contributed by atoms with Crippen LogP contribution in [0.4, 0.5) is 0 Å². The molecule has 1 fully saturated rings. The van der Waals surface area contributed by atoms with E-state index in [1.807, 2.05) is 11.3 Å². The minimum atomic E-state index is 0.948. The first kappa shape index (κ1) is 5.48. The van der Waals surface area contributed by atoms with Gasteiger partial charge in [-0.2, -0.15) is 0 Å². The maximum Gasteiger partial charge on any atom is 0.00789 e. The van der Waals surface area contributed by atoms with Gasteiger partial charge in [0.15, 0.2) is 0 Å². The fourth-order valence-corrected chi connectivity index (χ4v) is 2.11. The van der Waals surface area contributed by atoms with Crippen molar-refractivity contribution in [2.45, 2.75) is 25.7 Å². The molecule has 48 valence electrons. The van der Waals surface area contributed by atoms with Crippen LogP contribution in [0.25, 0.3) is 0 Å². The smallest absolute Gasteiger partial charge is 0.00789 e. The summed E-state index contributed by atoms with van der Waals surface area (Å²) in [5.74, 6) is 0.948. The average molecular weight is 138 g/mol. The first-order chi connectivity index (χ1) is 4.36. The lowest BCUT2D eigenvalue weighted by Crippen LogP contribution is -1.65. The fraction of sp³-hybridized carbons (Fsp3) is 0.500. The number of hydrogen-bond acceptors (Lipinski definition) is 1. The van der Waals surface area contributed by atoms with Gasteiger partial charge in [-0.25, -0.2) is 0 Å². The number of rotatable bonds is 1. The second kappa shape index (κ2) is 1.84. The summed E-state index contributed by atoms with van der Waals surface area (Å²) in [4.78, 5) is 1.60. The van der Waals surface area contributed by atoms with Crippen LogP contribution in [-0.2, 0) is 0 Å². The van der Waals surface area contributed by atoms with E-state index in [2.05, 4.69) is 18.4 Å². The number of thiophene rings is 1. The van der Waals surface area contributed by atoms with Crippen molar-refractivity contribution in [3.63, 3.8) is 0 Å². The molecule has 1 aliphatic rings. The summed E-state index contributed by atoms with van der Waals surface area (Å²) >= 11 is 1.92. The number of hydrogen-bond donors (Lipinski definition) is 0. The van der Waals surface area contributed by atoms with Crippen molar-refractivity contribution in [2.24, 2.45) is 0 Å². The van der Waals surface area contributed by atoms with Crippen molar-refractivity contribution in [3.05, 3.63) is 21.9 Å². The lowest BCUT2D eigenvalue weighted by molar-refractivity contribution is 1.18. The van der Waals surface area contributed by atoms with Gasteiger partial charge in [0.05, 0.1) is 0 Å². The molecule has 0 unspecified atom stereocenters. The Kier molecular flexibility index (Phi) is 1.12. The second-order valence-corrected chi connectivity index (χ2v) is 3.74. The molecule has 0 aromatic carbocycles. The van der Waals surface area contributed by atoms with Crippen LogP contribution in [0.1, 0.15) is 29.2 Å². The molecule has 0 N–H and O–H groups in total. The quantitative estimate of drug-likeness (QED) is 0.559. The van der Waals surface area contributed by atoms with Gasteiger partial charge in [0.25, 0.3) is 0 Å². The molecule has 0 spiro atoms. The molecule has 1 heteroatoms. The lowest BCUT2D eigenvalue weighted by atomic mass is 10.3. The van der Waals surface area contributed by atoms with Gasteiger partial charge in [0.2, 0.25) is 0 Å². The van der Waals surface area contributed by atoms with Crippen LogP contribution in [-0.4, -0.2) is 0 Å². The van der Waals surface area contributed by atoms with Crippen LogP contribution in [0.15, 0.2) is 11.4 Å². The average Bonchev–Trinajstić information content (AvgIpc) is 2.58. The first-order valence-electron chi connectivity index (χ1n) is 3.41. The molecule has 9 heavy (non-hydrogen) atoms. The molecular weight excluding hydrogens is 128 g/mol. The summed E-state index contributed by atoms with van der Waals surface area (Å²) in [5.41, 5.74) is 1.43. The number of aryl methyl sites for hydroxylation is 1. The molecule has 0 radical (unpaired) electrons. The molecule has 0 amide bonds. The van der Waals surface area contributed by atoms with Gasteiger partial charge in [-0.3, -0.25) is 0 Å². The van der Waals surface area contributed by atoms with Gasteiger partial charge in [0.1, 0.15) is 0 Å². The van der Waals surface area contributed by atoms with E-state index in [1.54, 1.807) is 4.88 Å². The van der Waals surface area contributed by atoms with Gasteiger partial charge in [-0.15, -0.1) is 11.3 Å². The van der Waals surface area contributed by atoms with Gasteiger partial charge in [-0.1, -0.05) is 0 Å². The van der Waals surface area contributed by atoms with E-state index in [0.717, 1.165) is 5.92 Å². The minimum absolute atomic E-state index is 0.948. The third-order valence-electron chi connectivity index (χ3n) is 1.73. The summed E-state index contributed by atoms with van der Waals surface area (Å²) in [6.45, 7) is 2.17. The Balaban J connectivity index is 2.28. The molecule has 0 bridgehead atoms. The van der Waals surface area contributed by atoms with E-state index in [4.69, 9.17) is 0 Å². The SMILES string of the molecule is Cc1csc(C2CC2)c1. The monoisotopic (exact) mass is 138 g/mol. The maximum absolute atomic E-state index is 2.32. The maximum atomic E-state index is 2.32. The zero-order valence-electron chi connectivity index (χ0n) is 5.55. The summed E-state index contributed by atoms with van der Waals surface area (Å²) in [7, 11) is 0. The zero-order chi connectivity index (χ0) is 6.27. The van der Waals surface area contributed by atoms with Gasteiger partial charge in [0, 0.05) is 4.88 Å². The molecule has 1 aliphatic carbocycles. The van der Waals surface area contributed by atoms with Crippen molar-refractivity contribution >= 4 is 11.3 Å². The highest BCUT2D eigenvalue weighted by molar-refractivity contribution is 7.10. The van der Waals surface area contributed by atoms with Crippen molar-refractivity contribution < 1.29 is 0 Å². The molecule has 1 aromatic heterocycles. The van der Waals surface area contributed by atoms with E-state index in [1.165, 1.54) is 18.4 Å². The molecule has 1 aromatic rings. The van der Waals surface area contributed by atoms with E-state index in [0.29, 0.717) is 0 Å². The van der Waals surface area contributed by atoms with Crippen LogP contribution in [0.5, 0.6) is 0 Å². The largest absolute Gasteiger partial charge is 0.148 e. The Morgan fingerprint density at radius 2 is 2.33 bits per heavy atom. The van der Waals surface area contributed by atoms with Gasteiger partial charge >= 0.3 is 0 Å². The summed E-state index contributed by atoms with van der Waals surface area (Å²) < 4.78 is 0. The standard InChI is InChI=1S/C8H10S/c1-6-4-8(9-5-6)7-2-3-7/h4-5,7H,2-3H2,1H3. The highest BCUT2D eigenvalue weighted by atomic mass is 32.1. The Bertz CT molecular complexity index is 208. The molecule has 2 rings (SSSR count). The van der Waals surface area contributed by atoms with Gasteiger partial charge < -0.3 is 0 Å². The van der Waals surface area contributed by atoms with Crippen LogP contribution in [0, 0.1) is 6.92 Å². The summed E-state index contributed by atoms with van der Waals surface area (Å²) in [5, 5.41) is 2.24. The van der Waals surface area contributed by atoms with Crippen molar-refractivity contribution in [3.8, 4) is 0 Å². The van der Waals surface area contributed by atoms with E-state index < -0.39 is 0 Å². The first-order valence-corrected chi connectivity index (χ1v) is 4.29. The molecule has 0 aliphatic heterocycles. The minimum Gasteiger partial charge on any atom is -0.148 e. The van der Waals surface area contributed by atoms with Crippen molar-refractivity contribution in [2.75, 3.05) is 0 Å². The van der Waals surface area contributed by atoms with Gasteiger partial charge in [-0.05, 0) is 42.7 Å². The Morgan fingerprint density at radius 1 is 1.56 bits per heavy atom. The zero-order valence-corrected chi connectivity index (χ0v) is 6.37. The third kappa shape index (κ3) is 1.01. The second-order valence-electron chi connectivity index (χ2n) is 2.80. The molecule has 0 saturated heterocycles. The highest BCUT2D eigenvalue weighted by Crippen LogP contribution is 2.42. The molecule has 0 nitrogen and oxygen atoms in total. The normalized spacial score (nSPS) is 18.3. The lowest BCUT2D eigenvalue weighted by Gasteiger charge is -1.83. The van der Waals surface area contributed by atoms with E-state index >= 15 is 0 Å². The molecule has 1 saturated carbocycles. The van der Waals surface area contributed by atoms with E-state index in [-0.39, 0.29) is 0 Å². The summed E-state index contributed by atoms with van der Waals surface area (Å²) in [6, 6.07) is 2.32. The summed E-state index contributed by atoms with van der Waals surface area (Å²) in [6.07, 6.45) is 2.86. The predicted molar refractivity (Wildman–Crippen MR) is 41.0 cm³/mol. The fourth-order valence-electron chi connectivity index (χ4n) is 1.04. The van der Waals surface area contributed by atoms with E-state index in [9.17, 15) is 0 Å². The predicted octanol–water partition coefficient (Wildman–Crippen LogP) is 2.93. The topological polar surface area (TPSA) is 0 Å². The third-order valence-corrected chi connectivity index (χ3v) is 2.94. The Hall–Kier alpha value is -0.300. The molecule has 1 heterocycles. The van der Waals surface area contributed by atoms with Crippen LogP contribution in [0.2, 0.25) is 0 Å². The Labute approximate surface area is 59.5 Å². The molecule has 0 atom stereocenters.